The second kappa shape index (κ2) is 6.39. The zero-order chi connectivity index (χ0) is 16.3. The first-order valence-corrected chi connectivity index (χ1v) is 6.86. The summed E-state index contributed by atoms with van der Waals surface area (Å²) in [6.45, 7) is 3.84. The number of aromatic carboxylic acids is 1. The predicted octanol–water partition coefficient (Wildman–Crippen LogP) is 3.25. The van der Waals surface area contributed by atoms with E-state index in [4.69, 9.17) is 0 Å². The van der Waals surface area contributed by atoms with Gasteiger partial charge in [0.15, 0.2) is 0 Å². The van der Waals surface area contributed by atoms with Gasteiger partial charge in [0.25, 0.3) is 5.91 Å². The monoisotopic (exact) mass is 301 g/mol. The second-order valence-electron chi connectivity index (χ2n) is 4.86. The lowest BCUT2D eigenvalue weighted by molar-refractivity contribution is 0.0696. The van der Waals surface area contributed by atoms with Crippen molar-refractivity contribution >= 4 is 11.9 Å². The molecule has 0 aliphatic carbocycles. The Kier molecular flexibility index (Phi) is 4.56. The van der Waals surface area contributed by atoms with E-state index < -0.39 is 17.7 Å². The van der Waals surface area contributed by atoms with Crippen LogP contribution in [-0.4, -0.2) is 23.5 Å². The third kappa shape index (κ3) is 2.98. The number of hydrogen-bond acceptors (Lipinski definition) is 2. The Bertz CT molecular complexity index is 741. The first kappa shape index (κ1) is 15.7. The molecular formula is C17H16FNO3. The van der Waals surface area contributed by atoms with Crippen molar-refractivity contribution < 1.29 is 19.1 Å². The lowest BCUT2D eigenvalue weighted by atomic mass is 9.95. The highest BCUT2D eigenvalue weighted by molar-refractivity contribution is 5.98. The molecule has 0 saturated heterocycles. The van der Waals surface area contributed by atoms with E-state index in [0.29, 0.717) is 23.2 Å². The van der Waals surface area contributed by atoms with Crippen LogP contribution < -0.4 is 5.32 Å². The predicted molar refractivity (Wildman–Crippen MR) is 81.5 cm³/mol. The number of hydrogen-bond donors (Lipinski definition) is 2. The number of halogens is 1. The number of carbonyl (C=O) groups is 2. The third-order valence-corrected chi connectivity index (χ3v) is 3.35. The van der Waals surface area contributed by atoms with Crippen LogP contribution in [0.4, 0.5) is 4.39 Å². The van der Waals surface area contributed by atoms with Crippen LogP contribution in [-0.2, 0) is 0 Å². The van der Waals surface area contributed by atoms with Gasteiger partial charge in [-0.3, -0.25) is 4.79 Å². The summed E-state index contributed by atoms with van der Waals surface area (Å²) in [4.78, 5) is 23.1. The highest BCUT2D eigenvalue weighted by atomic mass is 19.1. The van der Waals surface area contributed by atoms with E-state index in [0.717, 1.165) is 0 Å². The van der Waals surface area contributed by atoms with Crippen molar-refractivity contribution in [1.29, 1.82) is 0 Å². The SMILES string of the molecule is CCNC(=O)c1ccc(-c2cccc(C)c2C(=O)O)cc1F. The fraction of sp³-hybridized carbons (Fsp3) is 0.176. The van der Waals surface area contributed by atoms with Gasteiger partial charge in [-0.2, -0.15) is 0 Å². The molecular weight excluding hydrogens is 285 g/mol. The van der Waals surface area contributed by atoms with Crippen molar-refractivity contribution in [2.24, 2.45) is 0 Å². The smallest absolute Gasteiger partial charge is 0.336 e. The van der Waals surface area contributed by atoms with E-state index in [-0.39, 0.29) is 11.1 Å². The number of carboxylic acid groups (broad SMARTS) is 1. The van der Waals surface area contributed by atoms with Gasteiger partial charge >= 0.3 is 5.97 Å². The molecule has 2 rings (SSSR count). The number of amides is 1. The fourth-order valence-electron chi connectivity index (χ4n) is 2.31. The van der Waals surface area contributed by atoms with Crippen molar-refractivity contribution in [2.75, 3.05) is 6.54 Å². The zero-order valence-electron chi connectivity index (χ0n) is 12.3. The van der Waals surface area contributed by atoms with Crippen LogP contribution in [0.3, 0.4) is 0 Å². The van der Waals surface area contributed by atoms with Crippen LogP contribution in [0.5, 0.6) is 0 Å². The van der Waals surface area contributed by atoms with Gasteiger partial charge in [-0.1, -0.05) is 24.3 Å². The van der Waals surface area contributed by atoms with Gasteiger partial charge in [-0.15, -0.1) is 0 Å². The second-order valence-corrected chi connectivity index (χ2v) is 4.86. The zero-order valence-corrected chi connectivity index (χ0v) is 12.3. The fourth-order valence-corrected chi connectivity index (χ4v) is 2.31. The maximum atomic E-state index is 14.1. The van der Waals surface area contributed by atoms with E-state index >= 15 is 0 Å². The molecule has 1 amide bonds. The van der Waals surface area contributed by atoms with Gasteiger partial charge in [-0.25, -0.2) is 9.18 Å². The molecule has 0 aliphatic heterocycles. The maximum absolute atomic E-state index is 14.1. The third-order valence-electron chi connectivity index (χ3n) is 3.35. The number of carboxylic acids is 1. The molecule has 0 radical (unpaired) electrons. The van der Waals surface area contributed by atoms with Gasteiger partial charge < -0.3 is 10.4 Å². The molecule has 0 heterocycles. The number of carbonyl (C=O) groups excluding carboxylic acids is 1. The molecule has 0 aromatic heterocycles. The lowest BCUT2D eigenvalue weighted by Gasteiger charge is -2.11. The van der Waals surface area contributed by atoms with Gasteiger partial charge in [0.1, 0.15) is 5.82 Å². The maximum Gasteiger partial charge on any atom is 0.336 e. The van der Waals surface area contributed by atoms with Crippen molar-refractivity contribution in [2.45, 2.75) is 13.8 Å². The molecule has 2 aromatic rings. The Morgan fingerprint density at radius 2 is 1.95 bits per heavy atom. The normalized spacial score (nSPS) is 10.3. The summed E-state index contributed by atoms with van der Waals surface area (Å²) in [7, 11) is 0. The van der Waals surface area contributed by atoms with Gasteiger partial charge in [0, 0.05) is 6.54 Å². The summed E-state index contributed by atoms with van der Waals surface area (Å²) in [6, 6.07) is 9.13. The first-order chi connectivity index (χ1) is 10.5. The molecule has 4 nitrogen and oxygen atoms in total. The van der Waals surface area contributed by atoms with Crippen molar-refractivity contribution in [1.82, 2.24) is 5.32 Å². The average molecular weight is 301 g/mol. The van der Waals surface area contributed by atoms with Crippen LogP contribution in [0.2, 0.25) is 0 Å². The van der Waals surface area contributed by atoms with E-state index in [9.17, 15) is 19.1 Å². The van der Waals surface area contributed by atoms with E-state index in [1.54, 1.807) is 38.1 Å². The van der Waals surface area contributed by atoms with Crippen molar-refractivity contribution in [3.63, 3.8) is 0 Å². The molecule has 0 unspecified atom stereocenters. The van der Waals surface area contributed by atoms with Crippen LogP contribution in [0.15, 0.2) is 36.4 Å². The average Bonchev–Trinajstić information content (AvgIpc) is 2.46. The summed E-state index contributed by atoms with van der Waals surface area (Å²) >= 11 is 0. The summed E-state index contributed by atoms with van der Waals surface area (Å²) in [5.41, 5.74) is 1.52. The molecule has 0 aliphatic rings. The number of aryl methyl sites for hydroxylation is 1. The van der Waals surface area contributed by atoms with Gasteiger partial charge in [0.05, 0.1) is 11.1 Å². The van der Waals surface area contributed by atoms with Crippen LogP contribution >= 0.6 is 0 Å². The molecule has 0 saturated carbocycles. The van der Waals surface area contributed by atoms with Crippen molar-refractivity contribution in [3.8, 4) is 11.1 Å². The summed E-state index contributed by atoms with van der Waals surface area (Å²) < 4.78 is 14.1. The Morgan fingerprint density at radius 1 is 1.23 bits per heavy atom. The molecule has 2 aromatic carbocycles. The molecule has 2 N–H and O–H groups in total. The Balaban J connectivity index is 2.52. The van der Waals surface area contributed by atoms with Crippen LogP contribution in [0.1, 0.15) is 33.2 Å². The number of benzene rings is 2. The van der Waals surface area contributed by atoms with Crippen LogP contribution in [0.25, 0.3) is 11.1 Å². The first-order valence-electron chi connectivity index (χ1n) is 6.86. The topological polar surface area (TPSA) is 66.4 Å². The Hall–Kier alpha value is -2.69. The standard InChI is InChI=1S/C17H16FNO3/c1-3-19-16(20)13-8-7-11(9-14(13)18)12-6-4-5-10(2)15(12)17(21)22/h4-9H,3H2,1-2H3,(H,19,20)(H,21,22). The number of rotatable bonds is 4. The Labute approximate surface area is 127 Å². The quantitative estimate of drug-likeness (QED) is 0.911. The van der Waals surface area contributed by atoms with Crippen molar-refractivity contribution in [3.05, 3.63) is 58.9 Å². The molecule has 0 fully saturated rings. The summed E-state index contributed by atoms with van der Waals surface area (Å²) in [5.74, 6) is -2.24. The molecule has 22 heavy (non-hydrogen) atoms. The summed E-state index contributed by atoms with van der Waals surface area (Å²) in [5, 5.41) is 11.9. The van der Waals surface area contributed by atoms with E-state index in [1.807, 2.05) is 0 Å². The molecule has 0 spiro atoms. The molecule has 0 atom stereocenters. The molecule has 0 bridgehead atoms. The van der Waals surface area contributed by atoms with E-state index in [2.05, 4.69) is 5.32 Å². The molecule has 114 valence electrons. The van der Waals surface area contributed by atoms with Crippen LogP contribution in [0, 0.1) is 12.7 Å². The minimum Gasteiger partial charge on any atom is -0.478 e. The minimum atomic E-state index is -1.07. The largest absolute Gasteiger partial charge is 0.478 e. The summed E-state index contributed by atoms with van der Waals surface area (Å²) in [6.07, 6.45) is 0. The highest BCUT2D eigenvalue weighted by Gasteiger charge is 2.17. The lowest BCUT2D eigenvalue weighted by Crippen LogP contribution is -2.23. The minimum absolute atomic E-state index is 0.0601. The Morgan fingerprint density at radius 3 is 2.55 bits per heavy atom. The van der Waals surface area contributed by atoms with Gasteiger partial charge in [-0.05, 0) is 42.7 Å². The van der Waals surface area contributed by atoms with Gasteiger partial charge in [0.2, 0.25) is 0 Å². The molecule has 5 heteroatoms. The van der Waals surface area contributed by atoms with E-state index in [1.165, 1.54) is 12.1 Å². The highest BCUT2D eigenvalue weighted by Crippen LogP contribution is 2.27. The number of nitrogens with one attached hydrogen (secondary N) is 1.